The van der Waals surface area contributed by atoms with Gasteiger partial charge in [-0.25, -0.2) is 4.98 Å². The van der Waals surface area contributed by atoms with Crippen LogP contribution < -0.4 is 0 Å². The predicted octanol–water partition coefficient (Wildman–Crippen LogP) is 3.38. The molecule has 0 fully saturated rings. The molecular formula is C15H18N2O2S. The Morgan fingerprint density at radius 2 is 2.05 bits per heavy atom. The van der Waals surface area contributed by atoms with Crippen molar-refractivity contribution in [3.05, 3.63) is 48.0 Å². The van der Waals surface area contributed by atoms with Crippen molar-refractivity contribution >= 4 is 17.7 Å². The van der Waals surface area contributed by atoms with E-state index in [2.05, 4.69) is 23.4 Å². The number of nitrogens with zero attached hydrogens (tertiary/aromatic N) is 2. The van der Waals surface area contributed by atoms with Gasteiger partial charge in [0.25, 0.3) is 0 Å². The topological polar surface area (TPSA) is 55.1 Å². The second-order valence-electron chi connectivity index (χ2n) is 4.89. The molecule has 5 heteroatoms. The van der Waals surface area contributed by atoms with Crippen molar-refractivity contribution in [2.24, 2.45) is 0 Å². The van der Waals surface area contributed by atoms with Crippen molar-refractivity contribution in [2.75, 3.05) is 0 Å². The molecular weight excluding hydrogens is 272 g/mol. The zero-order valence-electron chi connectivity index (χ0n) is 11.6. The molecule has 1 aromatic carbocycles. The van der Waals surface area contributed by atoms with Crippen LogP contribution in [0.25, 0.3) is 0 Å². The fourth-order valence-corrected chi connectivity index (χ4v) is 2.81. The quantitative estimate of drug-likeness (QED) is 0.829. The molecule has 0 aliphatic heterocycles. The molecule has 106 valence electrons. The first kappa shape index (κ1) is 14.7. The van der Waals surface area contributed by atoms with Crippen LogP contribution in [0.2, 0.25) is 0 Å². The molecule has 1 N–H and O–H groups in total. The van der Waals surface area contributed by atoms with Gasteiger partial charge in [-0.05, 0) is 31.5 Å². The summed E-state index contributed by atoms with van der Waals surface area (Å²) in [5.74, 6) is 0.0578. The van der Waals surface area contributed by atoms with Crippen LogP contribution in [0.5, 0.6) is 0 Å². The number of thioether (sulfide) groups is 1. The van der Waals surface area contributed by atoms with Gasteiger partial charge in [-0.2, -0.15) is 0 Å². The van der Waals surface area contributed by atoms with Crippen molar-refractivity contribution < 1.29 is 9.90 Å². The number of hydrogen-bond acceptors (Lipinski definition) is 3. The van der Waals surface area contributed by atoms with Gasteiger partial charge in [0, 0.05) is 28.6 Å². The summed E-state index contributed by atoms with van der Waals surface area (Å²) >= 11 is 1.73. The number of aromatic nitrogens is 2. The molecule has 0 unspecified atom stereocenters. The molecule has 0 amide bonds. The summed E-state index contributed by atoms with van der Waals surface area (Å²) in [5, 5.41) is 8.73. The Bertz CT molecular complexity index is 576. The first-order valence-corrected chi connectivity index (χ1v) is 7.49. The van der Waals surface area contributed by atoms with Crippen LogP contribution in [0.1, 0.15) is 31.1 Å². The fraction of sp³-hybridized carbons (Fsp3) is 0.333. The van der Waals surface area contributed by atoms with Crippen molar-refractivity contribution in [3.8, 4) is 0 Å². The second kappa shape index (κ2) is 6.61. The number of benzene rings is 1. The predicted molar refractivity (Wildman–Crippen MR) is 80.0 cm³/mol. The summed E-state index contributed by atoms with van der Waals surface area (Å²) in [6.07, 6.45) is 3.83. The van der Waals surface area contributed by atoms with Crippen LogP contribution in [0.15, 0.2) is 41.7 Å². The molecule has 1 aromatic heterocycles. The SMILES string of the molecule is CC(C)n1cncc1CSc1ccc(CC(=O)O)cc1. The minimum atomic E-state index is -0.800. The highest BCUT2D eigenvalue weighted by Gasteiger charge is 2.06. The Morgan fingerprint density at radius 1 is 1.35 bits per heavy atom. The van der Waals surface area contributed by atoms with E-state index in [0.717, 1.165) is 16.2 Å². The van der Waals surface area contributed by atoms with E-state index in [1.165, 1.54) is 5.69 Å². The molecule has 4 nitrogen and oxygen atoms in total. The van der Waals surface area contributed by atoms with Gasteiger partial charge in [-0.1, -0.05) is 12.1 Å². The molecule has 0 atom stereocenters. The Balaban J connectivity index is 1.97. The van der Waals surface area contributed by atoms with E-state index < -0.39 is 5.97 Å². The summed E-state index contributed by atoms with van der Waals surface area (Å²) in [6.45, 7) is 4.27. The van der Waals surface area contributed by atoms with Crippen LogP contribution >= 0.6 is 11.8 Å². The minimum absolute atomic E-state index is 0.0745. The largest absolute Gasteiger partial charge is 0.481 e. The Hall–Kier alpha value is -1.75. The third-order valence-corrected chi connectivity index (χ3v) is 4.01. The van der Waals surface area contributed by atoms with E-state index in [4.69, 9.17) is 5.11 Å². The average Bonchev–Trinajstić information content (AvgIpc) is 2.86. The molecule has 0 aliphatic rings. The normalized spacial score (nSPS) is 10.9. The number of rotatable bonds is 6. The highest BCUT2D eigenvalue weighted by molar-refractivity contribution is 7.98. The van der Waals surface area contributed by atoms with Gasteiger partial charge in [-0.3, -0.25) is 4.79 Å². The number of carbonyl (C=O) groups is 1. The van der Waals surface area contributed by atoms with Gasteiger partial charge in [0.15, 0.2) is 0 Å². The molecule has 0 saturated carbocycles. The van der Waals surface area contributed by atoms with Crippen LogP contribution in [-0.2, 0) is 17.0 Å². The Morgan fingerprint density at radius 3 is 2.65 bits per heavy atom. The molecule has 0 spiro atoms. The maximum Gasteiger partial charge on any atom is 0.307 e. The molecule has 0 saturated heterocycles. The molecule has 2 aromatic rings. The summed E-state index contributed by atoms with van der Waals surface area (Å²) in [7, 11) is 0. The number of hydrogen-bond donors (Lipinski definition) is 1. The lowest BCUT2D eigenvalue weighted by molar-refractivity contribution is -0.136. The lowest BCUT2D eigenvalue weighted by Gasteiger charge is -2.11. The standard InChI is InChI=1S/C15H18N2O2S/c1-11(2)17-10-16-8-13(17)9-20-14-5-3-12(4-6-14)7-15(18)19/h3-6,8,10-11H,7,9H2,1-2H3,(H,18,19). The highest BCUT2D eigenvalue weighted by Crippen LogP contribution is 2.24. The highest BCUT2D eigenvalue weighted by atomic mass is 32.2. The van der Waals surface area contributed by atoms with E-state index in [-0.39, 0.29) is 6.42 Å². The van der Waals surface area contributed by atoms with E-state index in [1.54, 1.807) is 11.8 Å². The number of aliphatic carboxylic acids is 1. The van der Waals surface area contributed by atoms with E-state index in [0.29, 0.717) is 6.04 Å². The van der Waals surface area contributed by atoms with Crippen molar-refractivity contribution in [3.63, 3.8) is 0 Å². The smallest absolute Gasteiger partial charge is 0.307 e. The van der Waals surface area contributed by atoms with E-state index >= 15 is 0 Å². The molecule has 0 aliphatic carbocycles. The first-order chi connectivity index (χ1) is 9.56. The van der Waals surface area contributed by atoms with Gasteiger partial charge < -0.3 is 9.67 Å². The molecule has 0 radical (unpaired) electrons. The van der Waals surface area contributed by atoms with Crippen LogP contribution in [0, 0.1) is 0 Å². The van der Waals surface area contributed by atoms with E-state index in [1.807, 2.05) is 36.8 Å². The summed E-state index contributed by atoms with van der Waals surface area (Å²) < 4.78 is 2.16. The molecule has 20 heavy (non-hydrogen) atoms. The molecule has 1 heterocycles. The van der Waals surface area contributed by atoms with Gasteiger partial charge in [0.1, 0.15) is 0 Å². The third-order valence-electron chi connectivity index (χ3n) is 2.97. The van der Waals surface area contributed by atoms with Gasteiger partial charge in [0.2, 0.25) is 0 Å². The van der Waals surface area contributed by atoms with E-state index in [9.17, 15) is 4.79 Å². The number of imidazole rings is 1. The van der Waals surface area contributed by atoms with Crippen LogP contribution in [0.3, 0.4) is 0 Å². The number of carboxylic acids is 1. The van der Waals surface area contributed by atoms with Crippen LogP contribution in [-0.4, -0.2) is 20.6 Å². The monoisotopic (exact) mass is 290 g/mol. The fourth-order valence-electron chi connectivity index (χ4n) is 1.94. The van der Waals surface area contributed by atoms with Gasteiger partial charge in [0.05, 0.1) is 12.7 Å². The Kier molecular flexibility index (Phi) is 4.84. The zero-order chi connectivity index (χ0) is 14.5. The summed E-state index contributed by atoms with van der Waals surface area (Å²) in [4.78, 5) is 15.9. The molecule has 2 rings (SSSR count). The average molecular weight is 290 g/mol. The maximum atomic E-state index is 10.6. The molecule has 0 bridgehead atoms. The maximum absolute atomic E-state index is 10.6. The lowest BCUT2D eigenvalue weighted by Crippen LogP contribution is -2.03. The van der Waals surface area contributed by atoms with Crippen molar-refractivity contribution in [1.82, 2.24) is 9.55 Å². The van der Waals surface area contributed by atoms with Gasteiger partial charge >= 0.3 is 5.97 Å². The Labute approximate surface area is 122 Å². The summed E-state index contributed by atoms with van der Waals surface area (Å²) in [6, 6.07) is 8.09. The van der Waals surface area contributed by atoms with Crippen molar-refractivity contribution in [2.45, 2.75) is 37.0 Å². The first-order valence-electron chi connectivity index (χ1n) is 6.50. The lowest BCUT2D eigenvalue weighted by atomic mass is 10.2. The zero-order valence-corrected chi connectivity index (χ0v) is 12.4. The van der Waals surface area contributed by atoms with Gasteiger partial charge in [-0.15, -0.1) is 11.8 Å². The van der Waals surface area contributed by atoms with Crippen molar-refractivity contribution in [1.29, 1.82) is 0 Å². The third kappa shape index (κ3) is 3.87. The number of carboxylic acid groups (broad SMARTS) is 1. The van der Waals surface area contributed by atoms with Crippen LogP contribution in [0.4, 0.5) is 0 Å². The summed E-state index contributed by atoms with van der Waals surface area (Å²) in [5.41, 5.74) is 2.02. The second-order valence-corrected chi connectivity index (χ2v) is 5.94. The minimum Gasteiger partial charge on any atom is -0.481 e.